The van der Waals surface area contributed by atoms with Gasteiger partial charge in [0.15, 0.2) is 5.69 Å². The number of hydrogen-bond donors (Lipinski definition) is 2. The third-order valence-electron chi connectivity index (χ3n) is 3.52. The molecule has 0 fully saturated rings. The molecule has 140 valence electrons. The van der Waals surface area contributed by atoms with Crippen molar-refractivity contribution in [2.75, 3.05) is 20.1 Å². The standard InChI is InChI=1S/C18H24N4O4/c1-18(2,3)26-15(24)11-22(4)14(23)9-10-19-17(25)16-12-7-5-6-8-13(12)20-21-16/h5-8H,9-11H2,1-4H3,(H,19,25)(H,20,21). The Morgan fingerprint density at radius 2 is 1.92 bits per heavy atom. The molecule has 1 aromatic heterocycles. The fourth-order valence-corrected chi connectivity index (χ4v) is 2.35. The summed E-state index contributed by atoms with van der Waals surface area (Å²) in [7, 11) is 1.52. The number of para-hydroxylation sites is 1. The van der Waals surface area contributed by atoms with E-state index in [0.29, 0.717) is 0 Å². The summed E-state index contributed by atoms with van der Waals surface area (Å²) in [6.07, 6.45) is 0.0768. The highest BCUT2D eigenvalue weighted by molar-refractivity contribution is 6.04. The van der Waals surface area contributed by atoms with Gasteiger partial charge < -0.3 is 15.0 Å². The van der Waals surface area contributed by atoms with E-state index in [-0.39, 0.29) is 37.0 Å². The van der Waals surface area contributed by atoms with Crippen LogP contribution in [0.25, 0.3) is 10.9 Å². The van der Waals surface area contributed by atoms with E-state index >= 15 is 0 Å². The molecule has 0 atom stereocenters. The van der Waals surface area contributed by atoms with Gasteiger partial charge in [-0.2, -0.15) is 5.10 Å². The minimum absolute atomic E-state index is 0.0768. The maximum Gasteiger partial charge on any atom is 0.326 e. The molecule has 0 unspecified atom stereocenters. The van der Waals surface area contributed by atoms with Gasteiger partial charge in [-0.15, -0.1) is 0 Å². The van der Waals surface area contributed by atoms with Gasteiger partial charge in [0.25, 0.3) is 5.91 Å². The number of esters is 1. The summed E-state index contributed by atoms with van der Waals surface area (Å²) in [6.45, 7) is 5.31. The zero-order valence-electron chi connectivity index (χ0n) is 15.5. The topological polar surface area (TPSA) is 104 Å². The smallest absolute Gasteiger partial charge is 0.326 e. The van der Waals surface area contributed by atoms with Crippen molar-refractivity contribution in [1.82, 2.24) is 20.4 Å². The molecule has 8 heteroatoms. The Balaban J connectivity index is 1.80. The highest BCUT2D eigenvalue weighted by atomic mass is 16.6. The predicted octanol–water partition coefficient (Wildman–Crippen LogP) is 1.48. The lowest BCUT2D eigenvalue weighted by molar-refractivity contribution is -0.158. The number of carbonyl (C=O) groups is 3. The maximum absolute atomic E-state index is 12.2. The van der Waals surface area contributed by atoms with Gasteiger partial charge in [0.05, 0.1) is 5.52 Å². The highest BCUT2D eigenvalue weighted by Crippen LogP contribution is 2.14. The lowest BCUT2D eigenvalue weighted by Gasteiger charge is -2.22. The largest absolute Gasteiger partial charge is 0.459 e. The van der Waals surface area contributed by atoms with Crippen molar-refractivity contribution >= 4 is 28.7 Å². The molecule has 2 amide bonds. The number of aromatic amines is 1. The van der Waals surface area contributed by atoms with Crippen LogP contribution in [0.1, 0.15) is 37.7 Å². The minimum atomic E-state index is -0.596. The highest BCUT2D eigenvalue weighted by Gasteiger charge is 2.20. The fourth-order valence-electron chi connectivity index (χ4n) is 2.35. The summed E-state index contributed by atoms with van der Waals surface area (Å²) in [4.78, 5) is 37.3. The third kappa shape index (κ3) is 5.30. The maximum atomic E-state index is 12.2. The molecule has 2 rings (SSSR count). The molecular weight excluding hydrogens is 336 g/mol. The molecule has 0 bridgehead atoms. The van der Waals surface area contributed by atoms with Crippen LogP contribution in [0.4, 0.5) is 0 Å². The lowest BCUT2D eigenvalue weighted by Crippen LogP contribution is -2.37. The molecule has 0 aliphatic heterocycles. The summed E-state index contributed by atoms with van der Waals surface area (Å²) in [5.41, 5.74) is 0.461. The van der Waals surface area contributed by atoms with Crippen LogP contribution in [0.2, 0.25) is 0 Å². The molecule has 0 saturated heterocycles. The van der Waals surface area contributed by atoms with E-state index in [2.05, 4.69) is 15.5 Å². The number of nitrogens with one attached hydrogen (secondary N) is 2. The van der Waals surface area contributed by atoms with Crippen molar-refractivity contribution < 1.29 is 19.1 Å². The Morgan fingerprint density at radius 1 is 1.23 bits per heavy atom. The van der Waals surface area contributed by atoms with Crippen LogP contribution in [0.15, 0.2) is 24.3 Å². The second-order valence-corrected chi connectivity index (χ2v) is 6.96. The second kappa shape index (κ2) is 7.99. The number of hydrogen-bond acceptors (Lipinski definition) is 5. The van der Waals surface area contributed by atoms with Gasteiger partial charge in [0.2, 0.25) is 5.91 Å². The van der Waals surface area contributed by atoms with Gasteiger partial charge in [0, 0.05) is 25.4 Å². The van der Waals surface area contributed by atoms with Crippen molar-refractivity contribution in [2.24, 2.45) is 0 Å². The average Bonchev–Trinajstić information content (AvgIpc) is 2.96. The Labute approximate surface area is 151 Å². The molecule has 2 aromatic rings. The molecule has 1 heterocycles. The summed E-state index contributed by atoms with van der Waals surface area (Å²) in [5, 5.41) is 10.2. The molecule has 0 saturated carbocycles. The zero-order valence-corrected chi connectivity index (χ0v) is 15.5. The molecule has 8 nitrogen and oxygen atoms in total. The van der Waals surface area contributed by atoms with E-state index in [1.54, 1.807) is 26.8 Å². The summed E-state index contributed by atoms with van der Waals surface area (Å²) < 4.78 is 5.18. The number of nitrogens with zero attached hydrogens (tertiary/aromatic N) is 2. The van der Waals surface area contributed by atoms with Crippen LogP contribution in [-0.2, 0) is 14.3 Å². The molecule has 26 heavy (non-hydrogen) atoms. The Hall–Kier alpha value is -2.90. The quantitative estimate of drug-likeness (QED) is 0.760. The number of rotatable bonds is 6. The van der Waals surface area contributed by atoms with Crippen molar-refractivity contribution in [3.63, 3.8) is 0 Å². The number of ether oxygens (including phenoxy) is 1. The SMILES string of the molecule is CN(CC(=O)OC(C)(C)C)C(=O)CCNC(=O)c1n[nH]c2ccccc12. The van der Waals surface area contributed by atoms with Crippen molar-refractivity contribution in [3.8, 4) is 0 Å². The first kappa shape index (κ1) is 19.4. The van der Waals surface area contributed by atoms with Crippen molar-refractivity contribution in [2.45, 2.75) is 32.8 Å². The van der Waals surface area contributed by atoms with E-state index in [9.17, 15) is 14.4 Å². The molecule has 2 N–H and O–H groups in total. The van der Waals surface area contributed by atoms with E-state index < -0.39 is 11.6 Å². The Morgan fingerprint density at radius 3 is 2.62 bits per heavy atom. The van der Waals surface area contributed by atoms with Crippen LogP contribution >= 0.6 is 0 Å². The summed E-state index contributed by atoms with van der Waals surface area (Å²) in [5.74, 6) is -1.09. The average molecular weight is 360 g/mol. The first-order chi connectivity index (χ1) is 12.2. The molecular formula is C18H24N4O4. The fraction of sp³-hybridized carbons (Fsp3) is 0.444. The van der Waals surface area contributed by atoms with Gasteiger partial charge in [-0.05, 0) is 26.8 Å². The molecule has 1 aromatic carbocycles. The Bertz CT molecular complexity index is 807. The molecule has 0 aliphatic rings. The first-order valence-electron chi connectivity index (χ1n) is 8.34. The van der Waals surface area contributed by atoms with Gasteiger partial charge in [-0.3, -0.25) is 19.5 Å². The van der Waals surface area contributed by atoms with Crippen LogP contribution in [0, 0.1) is 0 Å². The molecule has 0 aliphatic carbocycles. The van der Waals surface area contributed by atoms with Crippen LogP contribution < -0.4 is 5.32 Å². The molecule has 0 spiro atoms. The van der Waals surface area contributed by atoms with E-state index in [1.807, 2.05) is 18.2 Å². The number of likely N-dealkylation sites (N-methyl/N-ethyl adjacent to an activating group) is 1. The van der Waals surface area contributed by atoms with Crippen LogP contribution in [0.3, 0.4) is 0 Å². The number of benzene rings is 1. The van der Waals surface area contributed by atoms with Crippen molar-refractivity contribution in [1.29, 1.82) is 0 Å². The first-order valence-corrected chi connectivity index (χ1v) is 8.34. The van der Waals surface area contributed by atoms with E-state index in [4.69, 9.17) is 4.74 Å². The minimum Gasteiger partial charge on any atom is -0.459 e. The van der Waals surface area contributed by atoms with Crippen molar-refractivity contribution in [3.05, 3.63) is 30.0 Å². The normalized spacial score (nSPS) is 11.2. The van der Waals surface area contributed by atoms with Gasteiger partial charge in [0.1, 0.15) is 12.1 Å². The zero-order chi connectivity index (χ0) is 19.3. The van der Waals surface area contributed by atoms with Crippen LogP contribution in [0.5, 0.6) is 0 Å². The predicted molar refractivity (Wildman–Crippen MR) is 96.5 cm³/mol. The van der Waals surface area contributed by atoms with E-state index in [0.717, 1.165) is 10.9 Å². The third-order valence-corrected chi connectivity index (χ3v) is 3.52. The monoisotopic (exact) mass is 360 g/mol. The summed E-state index contributed by atoms with van der Waals surface area (Å²) in [6, 6.07) is 7.30. The van der Waals surface area contributed by atoms with Gasteiger partial charge in [-0.1, -0.05) is 18.2 Å². The van der Waals surface area contributed by atoms with E-state index in [1.165, 1.54) is 11.9 Å². The molecule has 0 radical (unpaired) electrons. The number of carbonyl (C=O) groups excluding carboxylic acids is 3. The second-order valence-electron chi connectivity index (χ2n) is 6.96. The van der Waals surface area contributed by atoms with Gasteiger partial charge in [-0.25, -0.2) is 0 Å². The number of aromatic nitrogens is 2. The number of H-pyrrole nitrogens is 1. The van der Waals surface area contributed by atoms with Gasteiger partial charge >= 0.3 is 5.97 Å². The number of amides is 2. The van der Waals surface area contributed by atoms with Crippen LogP contribution in [-0.4, -0.2) is 58.6 Å². The number of fused-ring (bicyclic) bond motifs is 1. The Kier molecular flexibility index (Phi) is 5.97. The summed E-state index contributed by atoms with van der Waals surface area (Å²) >= 11 is 0. The lowest BCUT2D eigenvalue weighted by atomic mass is 10.2.